The number of rotatable bonds is 4. The summed E-state index contributed by atoms with van der Waals surface area (Å²) in [4.78, 5) is 10.2. The molecule has 4 aromatic carbocycles. The van der Waals surface area contributed by atoms with Crippen molar-refractivity contribution in [3.05, 3.63) is 91.0 Å². The number of fused-ring (bicyclic) bond motifs is 2. The number of anilines is 3. The van der Waals surface area contributed by atoms with Gasteiger partial charge >= 0.3 is 0 Å². The molecule has 0 unspecified atom stereocenters. The molecule has 1 aliphatic heterocycles. The Morgan fingerprint density at radius 2 is 1.32 bits per heavy atom. The molecule has 6 rings (SSSR count). The Labute approximate surface area is 197 Å². The van der Waals surface area contributed by atoms with E-state index >= 15 is 0 Å². The molecular formula is C28H22N4O2. The number of ether oxygens (including phenoxy) is 2. The molecule has 34 heavy (non-hydrogen) atoms. The van der Waals surface area contributed by atoms with Crippen molar-refractivity contribution in [3.8, 4) is 34.0 Å². The molecule has 1 aliphatic rings. The summed E-state index contributed by atoms with van der Waals surface area (Å²) < 4.78 is 12.0. The summed E-state index contributed by atoms with van der Waals surface area (Å²) in [6.45, 7) is 0.955. The van der Waals surface area contributed by atoms with Gasteiger partial charge in [0.1, 0.15) is 24.4 Å². The van der Waals surface area contributed by atoms with E-state index < -0.39 is 0 Å². The fourth-order valence-corrected chi connectivity index (χ4v) is 4.12. The topological polar surface area (TPSA) is 82.3 Å². The van der Waals surface area contributed by atoms with E-state index in [1.807, 2.05) is 91.0 Å². The summed E-state index contributed by atoms with van der Waals surface area (Å²) in [5.74, 6) is 1.29. The van der Waals surface area contributed by atoms with Gasteiger partial charge in [0.25, 0.3) is 0 Å². The van der Waals surface area contributed by atoms with Gasteiger partial charge in [-0.15, -0.1) is 0 Å². The van der Waals surface area contributed by atoms with Crippen LogP contribution in [0, 0.1) is 0 Å². The number of benzene rings is 4. The fraction of sp³-hybridized carbons (Fsp3) is 0.0714. The van der Waals surface area contributed by atoms with Crippen LogP contribution < -0.4 is 20.5 Å². The van der Waals surface area contributed by atoms with Crippen molar-refractivity contribution >= 4 is 28.1 Å². The van der Waals surface area contributed by atoms with Crippen molar-refractivity contribution < 1.29 is 9.47 Å². The Balaban J connectivity index is 1.63. The van der Waals surface area contributed by atoms with Crippen LogP contribution in [0.3, 0.4) is 0 Å². The van der Waals surface area contributed by atoms with Crippen LogP contribution in [0.25, 0.3) is 33.5 Å². The minimum atomic E-state index is 0.468. The maximum Gasteiger partial charge on any atom is 0.187 e. The van der Waals surface area contributed by atoms with Crippen LogP contribution in [0.2, 0.25) is 0 Å². The van der Waals surface area contributed by atoms with E-state index in [0.29, 0.717) is 35.9 Å². The summed E-state index contributed by atoms with van der Waals surface area (Å²) in [5.41, 5.74) is 13.2. The Bertz CT molecular complexity index is 1470. The molecule has 0 saturated heterocycles. The summed E-state index contributed by atoms with van der Waals surface area (Å²) in [7, 11) is 0. The first-order valence-corrected chi connectivity index (χ1v) is 11.1. The van der Waals surface area contributed by atoms with Crippen LogP contribution in [-0.4, -0.2) is 23.2 Å². The Morgan fingerprint density at radius 1 is 0.706 bits per heavy atom. The van der Waals surface area contributed by atoms with Gasteiger partial charge < -0.3 is 20.5 Å². The lowest BCUT2D eigenvalue weighted by Gasteiger charge is -2.23. The van der Waals surface area contributed by atoms with Crippen LogP contribution in [0.15, 0.2) is 91.0 Å². The standard InChI is InChI=1S/C28H22N4O2/c29-20-11-13-21(14-12-20)30-27-26-22(17-23-28(27)34-16-15-33-23)31-24(18-7-3-1-4-8-18)25(32-26)19-9-5-2-6-10-19/h1-14,17,30H,15-16,29H2. The molecule has 1 aromatic heterocycles. The number of hydrogen-bond acceptors (Lipinski definition) is 6. The predicted molar refractivity (Wildman–Crippen MR) is 136 cm³/mol. The average molecular weight is 447 g/mol. The first-order chi connectivity index (χ1) is 16.8. The van der Waals surface area contributed by atoms with Crippen molar-refractivity contribution in [2.24, 2.45) is 0 Å². The largest absolute Gasteiger partial charge is 0.486 e. The molecule has 6 heteroatoms. The van der Waals surface area contributed by atoms with E-state index in [-0.39, 0.29) is 0 Å². The summed E-state index contributed by atoms with van der Waals surface area (Å²) in [6, 6.07) is 29.7. The third kappa shape index (κ3) is 3.65. The molecule has 0 radical (unpaired) electrons. The van der Waals surface area contributed by atoms with Crippen LogP contribution in [-0.2, 0) is 0 Å². The van der Waals surface area contributed by atoms with Crippen molar-refractivity contribution in [3.63, 3.8) is 0 Å². The van der Waals surface area contributed by atoms with Crippen molar-refractivity contribution in [1.29, 1.82) is 0 Å². The van der Waals surface area contributed by atoms with Gasteiger partial charge in [-0.1, -0.05) is 60.7 Å². The van der Waals surface area contributed by atoms with Crippen molar-refractivity contribution in [2.75, 3.05) is 24.3 Å². The molecule has 0 aliphatic carbocycles. The fourth-order valence-electron chi connectivity index (χ4n) is 4.12. The van der Waals surface area contributed by atoms with Gasteiger partial charge in [0.2, 0.25) is 0 Å². The second kappa shape index (κ2) is 8.41. The van der Waals surface area contributed by atoms with E-state index in [0.717, 1.165) is 39.4 Å². The van der Waals surface area contributed by atoms with E-state index in [9.17, 15) is 0 Å². The van der Waals surface area contributed by atoms with Gasteiger partial charge in [-0.05, 0) is 24.3 Å². The van der Waals surface area contributed by atoms with Gasteiger partial charge in [0.15, 0.2) is 11.5 Å². The molecule has 5 aromatic rings. The molecule has 166 valence electrons. The molecule has 0 spiro atoms. The van der Waals surface area contributed by atoms with Crippen molar-refractivity contribution in [2.45, 2.75) is 0 Å². The second-order valence-electron chi connectivity index (χ2n) is 8.04. The van der Waals surface area contributed by atoms with Crippen LogP contribution in [0.4, 0.5) is 17.1 Å². The summed E-state index contributed by atoms with van der Waals surface area (Å²) >= 11 is 0. The lowest BCUT2D eigenvalue weighted by molar-refractivity contribution is 0.173. The predicted octanol–water partition coefficient (Wildman–Crippen LogP) is 6.06. The van der Waals surface area contributed by atoms with Gasteiger partial charge in [-0.25, -0.2) is 9.97 Å². The third-order valence-corrected chi connectivity index (χ3v) is 5.74. The van der Waals surface area contributed by atoms with Crippen LogP contribution >= 0.6 is 0 Å². The number of nitrogens with zero attached hydrogens (tertiary/aromatic N) is 2. The average Bonchev–Trinajstić information content (AvgIpc) is 2.90. The SMILES string of the molecule is Nc1ccc(Nc2c3c(cc4nc(-c5ccccc5)c(-c5ccccc5)nc24)OCCO3)cc1. The maximum atomic E-state index is 6.04. The molecule has 2 heterocycles. The summed E-state index contributed by atoms with van der Waals surface area (Å²) in [5, 5.41) is 3.48. The first-order valence-electron chi connectivity index (χ1n) is 11.1. The zero-order chi connectivity index (χ0) is 22.9. The highest BCUT2D eigenvalue weighted by atomic mass is 16.6. The highest BCUT2D eigenvalue weighted by molar-refractivity contribution is 5.99. The first kappa shape index (κ1) is 20.1. The Hall–Kier alpha value is -4.58. The number of nitrogen functional groups attached to an aromatic ring is 1. The lowest BCUT2D eigenvalue weighted by Crippen LogP contribution is -2.17. The molecule has 0 saturated carbocycles. The maximum absolute atomic E-state index is 6.04. The highest BCUT2D eigenvalue weighted by Crippen LogP contribution is 2.45. The zero-order valence-electron chi connectivity index (χ0n) is 18.4. The second-order valence-corrected chi connectivity index (χ2v) is 8.04. The molecule has 0 fully saturated rings. The molecule has 0 atom stereocenters. The lowest BCUT2D eigenvalue weighted by atomic mass is 10.0. The van der Waals surface area contributed by atoms with Gasteiger partial charge in [-0.3, -0.25) is 0 Å². The number of nitrogens with one attached hydrogen (secondary N) is 1. The number of hydrogen-bond donors (Lipinski definition) is 2. The van der Waals surface area contributed by atoms with E-state index in [4.69, 9.17) is 25.2 Å². The van der Waals surface area contributed by atoms with E-state index in [2.05, 4.69) is 5.32 Å². The number of nitrogens with two attached hydrogens (primary N) is 1. The molecule has 3 N–H and O–H groups in total. The van der Waals surface area contributed by atoms with Gasteiger partial charge in [0, 0.05) is 28.6 Å². The normalized spacial score (nSPS) is 12.5. The van der Waals surface area contributed by atoms with Gasteiger partial charge in [-0.2, -0.15) is 0 Å². The minimum Gasteiger partial charge on any atom is -0.486 e. The monoisotopic (exact) mass is 446 g/mol. The molecular weight excluding hydrogens is 424 g/mol. The zero-order valence-corrected chi connectivity index (χ0v) is 18.4. The number of aromatic nitrogens is 2. The molecule has 0 bridgehead atoms. The van der Waals surface area contributed by atoms with E-state index in [1.165, 1.54) is 0 Å². The van der Waals surface area contributed by atoms with Gasteiger partial charge in [0.05, 0.1) is 16.9 Å². The quantitative estimate of drug-likeness (QED) is 0.327. The Kier molecular flexibility index (Phi) is 4.96. The third-order valence-electron chi connectivity index (χ3n) is 5.74. The highest BCUT2D eigenvalue weighted by Gasteiger charge is 2.24. The minimum absolute atomic E-state index is 0.468. The van der Waals surface area contributed by atoms with Crippen LogP contribution in [0.5, 0.6) is 11.5 Å². The smallest absolute Gasteiger partial charge is 0.187 e. The van der Waals surface area contributed by atoms with Crippen LogP contribution in [0.1, 0.15) is 0 Å². The Morgan fingerprint density at radius 3 is 2.00 bits per heavy atom. The van der Waals surface area contributed by atoms with Crippen molar-refractivity contribution in [1.82, 2.24) is 9.97 Å². The summed E-state index contributed by atoms with van der Waals surface area (Å²) in [6.07, 6.45) is 0. The molecule has 0 amide bonds. The van der Waals surface area contributed by atoms with E-state index in [1.54, 1.807) is 0 Å². The molecule has 6 nitrogen and oxygen atoms in total.